The van der Waals surface area contributed by atoms with E-state index < -0.39 is 11.7 Å². The van der Waals surface area contributed by atoms with Crippen LogP contribution in [-0.4, -0.2) is 39.0 Å². The molecule has 2 aromatic heterocycles. The summed E-state index contributed by atoms with van der Waals surface area (Å²) in [4.78, 5) is 23.3. The van der Waals surface area contributed by atoms with Crippen LogP contribution in [-0.2, 0) is 17.4 Å². The van der Waals surface area contributed by atoms with Crippen molar-refractivity contribution in [2.75, 3.05) is 13.1 Å². The second-order valence-corrected chi connectivity index (χ2v) is 8.04. The Kier molecular flexibility index (Phi) is 5.99. The minimum Gasteiger partial charge on any atom is -0.361 e. The fourth-order valence-corrected chi connectivity index (χ4v) is 4.01. The number of carbonyl (C=O) groups excluding carboxylic acids is 1. The fourth-order valence-electron chi connectivity index (χ4n) is 4.01. The first-order valence-electron chi connectivity index (χ1n) is 10.4. The molecule has 0 bridgehead atoms. The van der Waals surface area contributed by atoms with Crippen molar-refractivity contribution in [3.8, 4) is 11.3 Å². The molecule has 0 spiro atoms. The summed E-state index contributed by atoms with van der Waals surface area (Å²) in [5, 5.41) is 3.89. The predicted molar refractivity (Wildman–Crippen MR) is 111 cm³/mol. The van der Waals surface area contributed by atoms with Crippen molar-refractivity contribution < 1.29 is 22.5 Å². The Bertz CT molecular complexity index is 1100. The third-order valence-corrected chi connectivity index (χ3v) is 5.91. The highest BCUT2D eigenvalue weighted by Gasteiger charge is 2.31. The van der Waals surface area contributed by atoms with E-state index in [9.17, 15) is 18.0 Å². The number of aromatic nitrogens is 3. The molecule has 1 aliphatic heterocycles. The zero-order valence-electron chi connectivity index (χ0n) is 17.8. The van der Waals surface area contributed by atoms with E-state index in [2.05, 4.69) is 15.1 Å². The predicted octanol–water partition coefficient (Wildman–Crippen LogP) is 4.72. The standard InChI is InChI=1S/C23H23F3N4O2/c1-14-19(15(2)32-29-14)11-22(31)30-8-6-16(7-9-30)20-12-27-13-21(28-20)17-4-3-5-18(10-17)23(24,25)26/h3-5,10,12-13,16H,6-9,11H2,1-2H3. The molecule has 1 fully saturated rings. The Morgan fingerprint density at radius 3 is 2.59 bits per heavy atom. The van der Waals surface area contributed by atoms with Crippen LogP contribution in [0.25, 0.3) is 11.3 Å². The third kappa shape index (κ3) is 4.66. The number of amides is 1. The van der Waals surface area contributed by atoms with Crippen LogP contribution in [0.2, 0.25) is 0 Å². The average molecular weight is 444 g/mol. The van der Waals surface area contributed by atoms with Crippen molar-refractivity contribution in [1.82, 2.24) is 20.0 Å². The second-order valence-electron chi connectivity index (χ2n) is 8.04. The number of likely N-dealkylation sites (tertiary alicyclic amines) is 1. The Morgan fingerprint density at radius 1 is 1.19 bits per heavy atom. The lowest BCUT2D eigenvalue weighted by Gasteiger charge is -2.31. The molecule has 0 atom stereocenters. The van der Waals surface area contributed by atoms with Gasteiger partial charge < -0.3 is 9.42 Å². The van der Waals surface area contributed by atoms with Gasteiger partial charge in [-0.05, 0) is 38.8 Å². The van der Waals surface area contributed by atoms with Crippen molar-refractivity contribution in [3.63, 3.8) is 0 Å². The summed E-state index contributed by atoms with van der Waals surface area (Å²) >= 11 is 0. The van der Waals surface area contributed by atoms with E-state index in [0.717, 1.165) is 29.1 Å². The number of alkyl halides is 3. The van der Waals surface area contributed by atoms with Gasteiger partial charge in [-0.15, -0.1) is 0 Å². The van der Waals surface area contributed by atoms with Gasteiger partial charge in [-0.25, -0.2) is 4.98 Å². The lowest BCUT2D eigenvalue weighted by Crippen LogP contribution is -2.39. The lowest BCUT2D eigenvalue weighted by atomic mass is 9.93. The third-order valence-electron chi connectivity index (χ3n) is 5.91. The molecule has 0 unspecified atom stereocenters. The summed E-state index contributed by atoms with van der Waals surface area (Å²) in [5.41, 5.74) is 2.36. The van der Waals surface area contributed by atoms with Gasteiger partial charge in [-0.1, -0.05) is 17.3 Å². The molecule has 0 saturated carbocycles. The SMILES string of the molecule is Cc1noc(C)c1CC(=O)N1CCC(c2cncc(-c3cccc(C(F)(F)F)c3)n2)CC1. The lowest BCUT2D eigenvalue weighted by molar-refractivity contribution is -0.137. The molecule has 9 heteroatoms. The van der Waals surface area contributed by atoms with Crippen LogP contribution in [0.1, 0.15) is 47.0 Å². The largest absolute Gasteiger partial charge is 0.416 e. The molecule has 168 valence electrons. The highest BCUT2D eigenvalue weighted by Crippen LogP contribution is 2.33. The second kappa shape index (κ2) is 8.72. The van der Waals surface area contributed by atoms with Crippen LogP contribution in [0.3, 0.4) is 0 Å². The minimum atomic E-state index is -4.41. The van der Waals surface area contributed by atoms with Gasteiger partial charge in [0.1, 0.15) is 5.76 Å². The number of hydrogen-bond acceptors (Lipinski definition) is 5. The zero-order valence-corrected chi connectivity index (χ0v) is 17.8. The van der Waals surface area contributed by atoms with E-state index in [1.165, 1.54) is 12.3 Å². The Hall–Kier alpha value is -3.23. The molecule has 4 rings (SSSR count). The number of halogens is 3. The van der Waals surface area contributed by atoms with E-state index in [1.807, 2.05) is 11.8 Å². The van der Waals surface area contributed by atoms with Crippen LogP contribution in [0.5, 0.6) is 0 Å². The van der Waals surface area contributed by atoms with Crippen molar-refractivity contribution in [2.24, 2.45) is 0 Å². The topological polar surface area (TPSA) is 72.1 Å². The van der Waals surface area contributed by atoms with Crippen molar-refractivity contribution in [3.05, 3.63) is 64.9 Å². The van der Waals surface area contributed by atoms with E-state index in [1.54, 1.807) is 19.2 Å². The van der Waals surface area contributed by atoms with E-state index in [0.29, 0.717) is 42.9 Å². The number of benzene rings is 1. The van der Waals surface area contributed by atoms with Crippen LogP contribution in [0.15, 0.2) is 41.2 Å². The first-order valence-corrected chi connectivity index (χ1v) is 10.4. The highest BCUT2D eigenvalue weighted by molar-refractivity contribution is 5.79. The van der Waals surface area contributed by atoms with E-state index in [-0.39, 0.29) is 18.2 Å². The van der Waals surface area contributed by atoms with E-state index >= 15 is 0 Å². The smallest absolute Gasteiger partial charge is 0.361 e. The number of aryl methyl sites for hydroxylation is 2. The van der Waals surface area contributed by atoms with Gasteiger partial charge in [0.15, 0.2) is 0 Å². The molecule has 0 aliphatic carbocycles. The summed E-state index contributed by atoms with van der Waals surface area (Å²) in [7, 11) is 0. The number of rotatable bonds is 4. The molecule has 1 amide bonds. The van der Waals surface area contributed by atoms with Crippen molar-refractivity contribution in [2.45, 2.75) is 45.2 Å². The van der Waals surface area contributed by atoms with Gasteiger partial charge >= 0.3 is 6.18 Å². The molecule has 0 N–H and O–H groups in total. The Morgan fingerprint density at radius 2 is 1.94 bits per heavy atom. The molecule has 1 aromatic carbocycles. The van der Waals surface area contributed by atoms with Gasteiger partial charge in [-0.2, -0.15) is 13.2 Å². The normalized spacial score (nSPS) is 15.2. The van der Waals surface area contributed by atoms with E-state index in [4.69, 9.17) is 4.52 Å². The monoisotopic (exact) mass is 444 g/mol. The number of hydrogen-bond donors (Lipinski definition) is 0. The fraction of sp³-hybridized carbons (Fsp3) is 0.391. The van der Waals surface area contributed by atoms with Gasteiger partial charge in [0.2, 0.25) is 5.91 Å². The van der Waals surface area contributed by atoms with Gasteiger partial charge in [0, 0.05) is 36.3 Å². The molecule has 3 aromatic rings. The van der Waals surface area contributed by atoms with Gasteiger partial charge in [0.05, 0.1) is 35.3 Å². The first kappa shape index (κ1) is 22.0. The summed E-state index contributed by atoms with van der Waals surface area (Å²) in [6.07, 6.45) is 0.410. The number of piperidine rings is 1. The molecule has 32 heavy (non-hydrogen) atoms. The van der Waals surface area contributed by atoms with Crippen LogP contribution in [0, 0.1) is 13.8 Å². The molecule has 1 saturated heterocycles. The summed E-state index contributed by atoms with van der Waals surface area (Å²) in [6, 6.07) is 5.09. The van der Waals surface area contributed by atoms with Gasteiger partial charge in [-0.3, -0.25) is 9.78 Å². The van der Waals surface area contributed by atoms with Crippen LogP contribution in [0.4, 0.5) is 13.2 Å². The quantitative estimate of drug-likeness (QED) is 0.583. The summed E-state index contributed by atoms with van der Waals surface area (Å²) < 4.78 is 44.3. The first-order chi connectivity index (χ1) is 15.2. The zero-order chi connectivity index (χ0) is 22.9. The summed E-state index contributed by atoms with van der Waals surface area (Å²) in [6.45, 7) is 4.79. The minimum absolute atomic E-state index is 0.0293. The van der Waals surface area contributed by atoms with Crippen LogP contribution >= 0.6 is 0 Å². The molecule has 6 nitrogen and oxygen atoms in total. The molecule has 0 radical (unpaired) electrons. The number of carbonyl (C=O) groups is 1. The maximum atomic E-state index is 13.0. The van der Waals surface area contributed by atoms with Crippen molar-refractivity contribution >= 4 is 5.91 Å². The van der Waals surface area contributed by atoms with Crippen LogP contribution < -0.4 is 0 Å². The summed E-state index contributed by atoms with van der Waals surface area (Å²) in [5.74, 6) is 0.783. The van der Waals surface area contributed by atoms with Gasteiger partial charge in [0.25, 0.3) is 0 Å². The average Bonchev–Trinajstić information content (AvgIpc) is 3.11. The highest BCUT2D eigenvalue weighted by atomic mass is 19.4. The van der Waals surface area contributed by atoms with Crippen molar-refractivity contribution in [1.29, 1.82) is 0 Å². The Labute approximate surface area is 183 Å². The maximum absolute atomic E-state index is 13.0. The Balaban J connectivity index is 1.43. The molecule has 3 heterocycles. The molecule has 1 aliphatic rings. The number of nitrogens with zero attached hydrogens (tertiary/aromatic N) is 4. The molecular formula is C23H23F3N4O2. The molecular weight excluding hydrogens is 421 g/mol. The maximum Gasteiger partial charge on any atom is 0.416 e.